The molecule has 1 fully saturated rings. The van der Waals surface area contributed by atoms with Gasteiger partial charge in [-0.2, -0.15) is 4.31 Å². The molecule has 9 heteroatoms. The number of carbonyl (C=O) groups is 1. The molecular formula is C22H27N5O3S. The number of rotatable bonds is 6. The van der Waals surface area contributed by atoms with E-state index in [9.17, 15) is 13.2 Å². The maximum absolute atomic E-state index is 12.7. The van der Waals surface area contributed by atoms with Crippen LogP contribution in [0.2, 0.25) is 0 Å². The molecule has 2 aromatic carbocycles. The molecule has 1 aromatic heterocycles. The predicted octanol–water partition coefficient (Wildman–Crippen LogP) is 1.65. The van der Waals surface area contributed by atoms with Gasteiger partial charge in [-0.3, -0.25) is 4.79 Å². The highest BCUT2D eigenvalue weighted by atomic mass is 32.2. The molecular weight excluding hydrogens is 414 g/mol. The van der Waals surface area contributed by atoms with Crippen molar-refractivity contribution in [2.75, 3.05) is 36.8 Å². The molecule has 1 N–H and O–H groups in total. The molecule has 0 aliphatic carbocycles. The van der Waals surface area contributed by atoms with Crippen molar-refractivity contribution in [2.24, 2.45) is 7.05 Å². The number of hydrogen-bond donors (Lipinski definition) is 1. The SMILES string of the molecule is Cc1cccc(N2CCN(S(=O)(=O)CC(=O)NCc3nc4ccccc4n3C)CC2)c1. The molecule has 8 nitrogen and oxygen atoms in total. The normalized spacial score (nSPS) is 15.4. The highest BCUT2D eigenvalue weighted by molar-refractivity contribution is 7.89. The van der Waals surface area contributed by atoms with Gasteiger partial charge in [0.2, 0.25) is 15.9 Å². The third-order valence-corrected chi connectivity index (χ3v) is 7.41. The molecule has 1 saturated heterocycles. The molecule has 1 aliphatic heterocycles. The molecule has 0 unspecified atom stereocenters. The Bertz CT molecular complexity index is 1200. The van der Waals surface area contributed by atoms with Crippen LogP contribution in [0, 0.1) is 6.92 Å². The van der Waals surface area contributed by atoms with E-state index in [1.54, 1.807) is 0 Å². The summed E-state index contributed by atoms with van der Waals surface area (Å²) in [5, 5.41) is 2.70. The first-order valence-electron chi connectivity index (χ1n) is 10.3. The van der Waals surface area contributed by atoms with E-state index >= 15 is 0 Å². The second-order valence-corrected chi connectivity index (χ2v) is 9.80. The van der Waals surface area contributed by atoms with Crippen LogP contribution >= 0.6 is 0 Å². The number of piperazine rings is 1. The van der Waals surface area contributed by atoms with E-state index in [4.69, 9.17) is 0 Å². The van der Waals surface area contributed by atoms with Crippen LogP contribution in [0.25, 0.3) is 11.0 Å². The van der Waals surface area contributed by atoms with Crippen LogP contribution in [-0.2, 0) is 28.4 Å². The smallest absolute Gasteiger partial charge is 0.237 e. The number of para-hydroxylation sites is 2. The van der Waals surface area contributed by atoms with Crippen molar-refractivity contribution >= 4 is 32.7 Å². The number of nitrogens with zero attached hydrogens (tertiary/aromatic N) is 4. The molecule has 1 aliphatic rings. The first-order valence-corrected chi connectivity index (χ1v) is 11.9. The Morgan fingerprint density at radius 1 is 1.06 bits per heavy atom. The number of aryl methyl sites for hydroxylation is 2. The number of imidazole rings is 1. The summed E-state index contributed by atoms with van der Waals surface area (Å²) in [6, 6.07) is 15.9. The zero-order valence-corrected chi connectivity index (χ0v) is 18.6. The lowest BCUT2D eigenvalue weighted by Crippen LogP contribution is -2.50. The van der Waals surface area contributed by atoms with Crippen molar-refractivity contribution in [3.63, 3.8) is 0 Å². The summed E-state index contributed by atoms with van der Waals surface area (Å²) in [7, 11) is -1.79. The lowest BCUT2D eigenvalue weighted by atomic mass is 10.2. The first-order chi connectivity index (χ1) is 14.8. The molecule has 2 heterocycles. The summed E-state index contributed by atoms with van der Waals surface area (Å²) in [6.45, 7) is 4.16. The zero-order valence-electron chi connectivity index (χ0n) is 17.8. The minimum Gasteiger partial charge on any atom is -0.369 e. The lowest BCUT2D eigenvalue weighted by molar-refractivity contribution is -0.118. The van der Waals surface area contributed by atoms with Gasteiger partial charge in [-0.15, -0.1) is 0 Å². The van der Waals surface area contributed by atoms with Gasteiger partial charge < -0.3 is 14.8 Å². The number of amides is 1. The lowest BCUT2D eigenvalue weighted by Gasteiger charge is -2.35. The summed E-state index contributed by atoms with van der Waals surface area (Å²) in [5.41, 5.74) is 4.07. The van der Waals surface area contributed by atoms with Crippen LogP contribution in [0.4, 0.5) is 5.69 Å². The predicted molar refractivity (Wildman–Crippen MR) is 121 cm³/mol. The molecule has 0 spiro atoms. The summed E-state index contributed by atoms with van der Waals surface area (Å²) in [4.78, 5) is 19.0. The van der Waals surface area contributed by atoms with Gasteiger partial charge in [-0.25, -0.2) is 13.4 Å². The third kappa shape index (κ3) is 4.72. The molecule has 0 atom stereocenters. The van der Waals surface area contributed by atoms with E-state index in [-0.39, 0.29) is 6.54 Å². The van der Waals surface area contributed by atoms with Crippen LogP contribution in [0.3, 0.4) is 0 Å². The minimum atomic E-state index is -3.67. The Morgan fingerprint density at radius 3 is 2.52 bits per heavy atom. The molecule has 0 bridgehead atoms. The summed E-state index contributed by atoms with van der Waals surface area (Å²) < 4.78 is 28.8. The van der Waals surface area contributed by atoms with E-state index in [0.29, 0.717) is 32.0 Å². The number of sulfonamides is 1. The summed E-state index contributed by atoms with van der Waals surface area (Å²) in [5.74, 6) is -0.395. The third-order valence-electron chi connectivity index (χ3n) is 5.64. The van der Waals surface area contributed by atoms with E-state index in [0.717, 1.165) is 16.7 Å². The van der Waals surface area contributed by atoms with Crippen molar-refractivity contribution in [3.8, 4) is 0 Å². The van der Waals surface area contributed by atoms with Crippen molar-refractivity contribution in [1.29, 1.82) is 0 Å². The molecule has 164 valence electrons. The Balaban J connectivity index is 1.32. The number of anilines is 1. The van der Waals surface area contributed by atoms with Gasteiger partial charge in [0.25, 0.3) is 0 Å². The standard InChI is InChI=1S/C22H27N5O3S/c1-17-6-5-7-18(14-17)26-10-12-27(13-11-26)31(29,30)16-22(28)23-15-21-24-19-8-3-4-9-20(19)25(21)2/h3-9,14H,10-13,15-16H2,1-2H3,(H,23,28). The fraction of sp³-hybridized carbons (Fsp3) is 0.364. The number of nitrogens with one attached hydrogen (secondary N) is 1. The van der Waals surface area contributed by atoms with Gasteiger partial charge in [-0.1, -0.05) is 24.3 Å². The monoisotopic (exact) mass is 441 g/mol. The summed E-state index contributed by atoms with van der Waals surface area (Å²) in [6.07, 6.45) is 0. The van der Waals surface area contributed by atoms with Crippen LogP contribution in [0.15, 0.2) is 48.5 Å². The molecule has 31 heavy (non-hydrogen) atoms. The van der Waals surface area contributed by atoms with Gasteiger partial charge in [0.15, 0.2) is 0 Å². The van der Waals surface area contributed by atoms with E-state index < -0.39 is 21.7 Å². The maximum Gasteiger partial charge on any atom is 0.237 e. The average molecular weight is 442 g/mol. The topological polar surface area (TPSA) is 87.5 Å². The van der Waals surface area contributed by atoms with E-state index in [2.05, 4.69) is 21.3 Å². The van der Waals surface area contributed by atoms with Crippen LogP contribution in [0.5, 0.6) is 0 Å². The minimum absolute atomic E-state index is 0.181. The molecule has 3 aromatic rings. The highest BCUT2D eigenvalue weighted by Crippen LogP contribution is 2.19. The second-order valence-electron chi connectivity index (χ2n) is 7.83. The van der Waals surface area contributed by atoms with Crippen molar-refractivity contribution in [2.45, 2.75) is 13.5 Å². The van der Waals surface area contributed by atoms with Gasteiger partial charge in [0.05, 0.1) is 17.6 Å². The Hall–Kier alpha value is -2.91. The van der Waals surface area contributed by atoms with Crippen LogP contribution in [0.1, 0.15) is 11.4 Å². The quantitative estimate of drug-likeness (QED) is 0.629. The number of carbonyl (C=O) groups excluding carboxylic acids is 1. The summed E-state index contributed by atoms with van der Waals surface area (Å²) >= 11 is 0. The molecule has 4 rings (SSSR count). The van der Waals surface area contributed by atoms with Crippen molar-refractivity contribution < 1.29 is 13.2 Å². The Labute approximate surface area is 182 Å². The van der Waals surface area contributed by atoms with Gasteiger partial charge in [-0.05, 0) is 36.8 Å². The Morgan fingerprint density at radius 2 is 1.81 bits per heavy atom. The first kappa shape index (κ1) is 21.3. The number of benzene rings is 2. The fourth-order valence-corrected chi connectivity index (χ4v) is 5.22. The molecule has 0 saturated carbocycles. The average Bonchev–Trinajstić information content (AvgIpc) is 3.08. The van der Waals surface area contributed by atoms with Gasteiger partial charge >= 0.3 is 0 Å². The second kappa shape index (κ2) is 8.68. The number of fused-ring (bicyclic) bond motifs is 1. The van der Waals surface area contributed by atoms with Crippen molar-refractivity contribution in [1.82, 2.24) is 19.2 Å². The number of hydrogen-bond acceptors (Lipinski definition) is 5. The maximum atomic E-state index is 12.7. The molecule has 1 amide bonds. The zero-order chi connectivity index (χ0) is 22.0. The van der Waals surface area contributed by atoms with E-state index in [1.807, 2.05) is 61.0 Å². The van der Waals surface area contributed by atoms with Gasteiger partial charge in [0.1, 0.15) is 11.6 Å². The highest BCUT2D eigenvalue weighted by Gasteiger charge is 2.29. The fourth-order valence-electron chi connectivity index (χ4n) is 3.89. The number of aromatic nitrogens is 2. The Kier molecular flexibility index (Phi) is 5.97. The molecule has 0 radical (unpaired) electrons. The van der Waals surface area contributed by atoms with Crippen LogP contribution in [-0.4, -0.2) is 60.1 Å². The largest absolute Gasteiger partial charge is 0.369 e. The van der Waals surface area contributed by atoms with Gasteiger partial charge in [0, 0.05) is 38.9 Å². The van der Waals surface area contributed by atoms with Crippen LogP contribution < -0.4 is 10.2 Å². The van der Waals surface area contributed by atoms with Crippen molar-refractivity contribution in [3.05, 3.63) is 59.9 Å². The van der Waals surface area contributed by atoms with E-state index in [1.165, 1.54) is 9.87 Å².